The number of carbonyl (C=O) groups excluding carboxylic acids is 3. The normalized spacial score (nSPS) is 10.8. The van der Waals surface area contributed by atoms with Gasteiger partial charge in [-0.25, -0.2) is 14.2 Å². The van der Waals surface area contributed by atoms with Crippen LogP contribution in [0.1, 0.15) is 27.0 Å². The van der Waals surface area contributed by atoms with Gasteiger partial charge in [0, 0.05) is 6.08 Å². The van der Waals surface area contributed by atoms with E-state index < -0.39 is 53.5 Å². The van der Waals surface area contributed by atoms with Gasteiger partial charge in [-0.2, -0.15) is 0 Å². The first-order valence-electron chi connectivity index (χ1n) is 10.9. The number of carbonyl (C=O) groups is 3. The zero-order valence-corrected chi connectivity index (χ0v) is 19.8. The number of ether oxygens (including phenoxy) is 2. The van der Waals surface area contributed by atoms with Gasteiger partial charge in [-0.05, 0) is 24.1 Å². The van der Waals surface area contributed by atoms with Gasteiger partial charge < -0.3 is 15.2 Å². The number of ketones is 1. The summed E-state index contributed by atoms with van der Waals surface area (Å²) in [5.41, 5.74) is 6.03. The molecule has 0 atom stereocenters. The Bertz CT molecular complexity index is 1420. The minimum atomic E-state index is -1.08. The van der Waals surface area contributed by atoms with Crippen LogP contribution in [0.5, 0.6) is 0 Å². The van der Waals surface area contributed by atoms with E-state index >= 15 is 0 Å². The maximum Gasteiger partial charge on any atom is 0.333 e. The lowest BCUT2D eigenvalue weighted by Gasteiger charge is -2.16. The van der Waals surface area contributed by atoms with Crippen molar-refractivity contribution in [2.24, 2.45) is 0 Å². The molecule has 0 aliphatic carbocycles. The Morgan fingerprint density at radius 3 is 2.28 bits per heavy atom. The maximum absolute atomic E-state index is 13.0. The molecule has 36 heavy (non-hydrogen) atoms. The highest BCUT2D eigenvalue weighted by atomic mass is 16.5. The molecule has 0 bridgehead atoms. The number of Topliss-reactive ketones (excluding diaryl/α,β-unsaturated/α-hetero) is 1. The molecule has 0 amide bonds. The molecule has 0 radical (unpaired) electrons. The van der Waals surface area contributed by atoms with Crippen molar-refractivity contribution in [2.45, 2.75) is 20.0 Å². The first-order valence-corrected chi connectivity index (χ1v) is 10.9. The minimum Gasteiger partial charge on any atom is -0.468 e. The number of aromatic nitrogens is 2. The first-order chi connectivity index (χ1) is 17.2. The summed E-state index contributed by atoms with van der Waals surface area (Å²) in [5.74, 6) is -2.99. The Morgan fingerprint density at radius 1 is 0.972 bits per heavy atom. The lowest BCUT2D eigenvalue weighted by Crippen LogP contribution is -2.46. The molecule has 0 saturated carbocycles. The predicted octanol–water partition coefficient (Wildman–Crippen LogP) is 1.56. The predicted molar refractivity (Wildman–Crippen MR) is 132 cm³/mol. The maximum atomic E-state index is 13.0. The third kappa shape index (κ3) is 6.23. The van der Waals surface area contributed by atoms with E-state index in [4.69, 9.17) is 10.5 Å². The van der Waals surface area contributed by atoms with Crippen molar-refractivity contribution in [3.8, 4) is 0 Å². The number of nitrogen functional groups attached to an aromatic ring is 1. The molecule has 1 heterocycles. The largest absolute Gasteiger partial charge is 0.468 e. The van der Waals surface area contributed by atoms with E-state index in [1.165, 1.54) is 6.08 Å². The highest BCUT2D eigenvalue weighted by Gasteiger charge is 2.25. The molecule has 3 aromatic rings. The third-order valence-corrected chi connectivity index (χ3v) is 5.28. The molecular formula is C26H25N3O7. The standard InChI is InChI=1S/C26H25N3O7/c1-17-8-10-18(11-9-17)12-13-21(31)36-16-20(30)23-24(27)28(14-19-6-4-3-5-7-19)26(34)29(25(23)33)15-22(32)35-2/h3-13H,14-16,27H2,1-2H3. The number of aryl methyl sites for hydroxylation is 1. The molecule has 0 unspecified atom stereocenters. The Kier molecular flexibility index (Phi) is 8.35. The molecule has 3 rings (SSSR count). The zero-order valence-electron chi connectivity index (χ0n) is 19.8. The van der Waals surface area contributed by atoms with Crippen LogP contribution in [0, 0.1) is 6.92 Å². The number of anilines is 1. The van der Waals surface area contributed by atoms with Crippen LogP contribution in [0.2, 0.25) is 0 Å². The number of hydrogen-bond donors (Lipinski definition) is 1. The first kappa shape index (κ1) is 25.9. The molecule has 2 N–H and O–H groups in total. The second-order valence-corrected chi connectivity index (χ2v) is 7.86. The molecule has 0 aliphatic rings. The van der Waals surface area contributed by atoms with E-state index in [-0.39, 0.29) is 6.54 Å². The summed E-state index contributed by atoms with van der Waals surface area (Å²) in [5, 5.41) is 0. The Labute approximate surface area is 206 Å². The van der Waals surface area contributed by atoms with Gasteiger partial charge in [0.2, 0.25) is 5.78 Å². The number of hydrogen-bond acceptors (Lipinski definition) is 8. The number of nitrogens with zero attached hydrogens (tertiary/aromatic N) is 2. The van der Waals surface area contributed by atoms with Gasteiger partial charge in [0.25, 0.3) is 5.56 Å². The fourth-order valence-corrected chi connectivity index (χ4v) is 3.33. The van der Waals surface area contributed by atoms with Crippen molar-refractivity contribution >= 4 is 29.6 Å². The molecule has 0 saturated heterocycles. The van der Waals surface area contributed by atoms with Crippen molar-refractivity contribution in [1.82, 2.24) is 9.13 Å². The van der Waals surface area contributed by atoms with E-state index in [0.717, 1.165) is 28.9 Å². The van der Waals surface area contributed by atoms with Crippen molar-refractivity contribution in [1.29, 1.82) is 0 Å². The second-order valence-electron chi connectivity index (χ2n) is 7.86. The van der Waals surface area contributed by atoms with E-state index in [1.807, 2.05) is 31.2 Å². The summed E-state index contributed by atoms with van der Waals surface area (Å²) >= 11 is 0. The summed E-state index contributed by atoms with van der Waals surface area (Å²) in [7, 11) is 1.10. The van der Waals surface area contributed by atoms with Gasteiger partial charge in [0.1, 0.15) is 17.9 Å². The van der Waals surface area contributed by atoms with Gasteiger partial charge in [-0.15, -0.1) is 0 Å². The summed E-state index contributed by atoms with van der Waals surface area (Å²) in [4.78, 5) is 62.8. The lowest BCUT2D eigenvalue weighted by molar-refractivity contribution is -0.141. The van der Waals surface area contributed by atoms with E-state index in [1.54, 1.807) is 30.3 Å². The zero-order chi connectivity index (χ0) is 26.2. The summed E-state index contributed by atoms with van der Waals surface area (Å²) in [6, 6.07) is 16.1. The fourth-order valence-electron chi connectivity index (χ4n) is 3.33. The minimum absolute atomic E-state index is 0.0632. The Balaban J connectivity index is 1.89. The van der Waals surface area contributed by atoms with Crippen LogP contribution in [0.3, 0.4) is 0 Å². The fraction of sp³-hybridized carbons (Fsp3) is 0.192. The number of rotatable bonds is 9. The Morgan fingerprint density at radius 2 is 1.64 bits per heavy atom. The average Bonchev–Trinajstić information content (AvgIpc) is 2.88. The van der Waals surface area contributed by atoms with Gasteiger partial charge in [-0.1, -0.05) is 60.2 Å². The molecule has 2 aromatic carbocycles. The van der Waals surface area contributed by atoms with Crippen LogP contribution in [0.15, 0.2) is 70.3 Å². The number of esters is 2. The quantitative estimate of drug-likeness (QED) is 0.270. The van der Waals surface area contributed by atoms with Gasteiger partial charge in [0.05, 0.1) is 13.7 Å². The SMILES string of the molecule is COC(=O)Cn1c(=O)c(C(=O)COC(=O)C=Cc2ccc(C)cc2)c(N)n(Cc2ccccc2)c1=O. The third-order valence-electron chi connectivity index (χ3n) is 5.28. The number of benzene rings is 2. The van der Waals surface area contributed by atoms with Gasteiger partial charge in [0.15, 0.2) is 6.61 Å². The van der Waals surface area contributed by atoms with Crippen LogP contribution < -0.4 is 17.0 Å². The molecular weight excluding hydrogens is 466 g/mol. The molecule has 186 valence electrons. The van der Waals surface area contributed by atoms with Crippen LogP contribution >= 0.6 is 0 Å². The second kappa shape index (κ2) is 11.6. The van der Waals surface area contributed by atoms with E-state index in [9.17, 15) is 24.0 Å². The number of nitrogens with two attached hydrogens (primary N) is 1. The van der Waals surface area contributed by atoms with Crippen LogP contribution in [0.4, 0.5) is 5.82 Å². The molecule has 1 aromatic heterocycles. The van der Waals surface area contributed by atoms with Crippen molar-refractivity contribution in [3.05, 3.63) is 104 Å². The highest BCUT2D eigenvalue weighted by molar-refractivity contribution is 6.02. The lowest BCUT2D eigenvalue weighted by atomic mass is 10.1. The molecule has 0 fully saturated rings. The summed E-state index contributed by atoms with van der Waals surface area (Å²) in [6.45, 7) is 0.356. The smallest absolute Gasteiger partial charge is 0.333 e. The van der Waals surface area contributed by atoms with Gasteiger partial charge >= 0.3 is 17.6 Å². The number of methoxy groups -OCH3 is 1. The van der Waals surface area contributed by atoms with Crippen molar-refractivity contribution in [2.75, 3.05) is 19.5 Å². The summed E-state index contributed by atoms with van der Waals surface area (Å²) in [6.07, 6.45) is 2.66. The van der Waals surface area contributed by atoms with Crippen molar-refractivity contribution in [3.63, 3.8) is 0 Å². The van der Waals surface area contributed by atoms with Crippen LogP contribution in [-0.4, -0.2) is 40.6 Å². The van der Waals surface area contributed by atoms with Crippen LogP contribution in [-0.2, 0) is 32.2 Å². The topological polar surface area (TPSA) is 140 Å². The van der Waals surface area contributed by atoms with Gasteiger partial charge in [-0.3, -0.25) is 19.0 Å². The van der Waals surface area contributed by atoms with Crippen molar-refractivity contribution < 1.29 is 23.9 Å². The van der Waals surface area contributed by atoms with E-state index in [2.05, 4.69) is 4.74 Å². The molecule has 10 heteroatoms. The molecule has 10 nitrogen and oxygen atoms in total. The molecule has 0 aliphatic heterocycles. The van der Waals surface area contributed by atoms with E-state index in [0.29, 0.717) is 10.1 Å². The van der Waals surface area contributed by atoms with Crippen LogP contribution in [0.25, 0.3) is 6.08 Å². The highest BCUT2D eigenvalue weighted by Crippen LogP contribution is 2.10. The monoisotopic (exact) mass is 491 g/mol. The Hall–Kier alpha value is -4.73. The summed E-state index contributed by atoms with van der Waals surface area (Å²) < 4.78 is 11.1. The molecule has 0 spiro atoms. The average molecular weight is 492 g/mol.